The maximum Gasteiger partial charge on any atom is 0.207 e. The molecular weight excluding hydrogens is 198 g/mol. The molecule has 2 atom stereocenters. The molecule has 0 radical (unpaired) electrons. The van der Waals surface area contributed by atoms with Gasteiger partial charge in [0, 0.05) is 5.25 Å². The first kappa shape index (κ1) is 9.85. The standard InChI is InChI=1S/C6H11NO3S2/c1-11-6-3-12(9,10)2-5(6)7-4-8/h4-6H,2-3H2,1H3,(H,7,8). The van der Waals surface area contributed by atoms with E-state index in [9.17, 15) is 13.2 Å². The van der Waals surface area contributed by atoms with Crippen LogP contribution in [-0.4, -0.2) is 43.9 Å². The number of thioether (sulfide) groups is 1. The highest BCUT2D eigenvalue weighted by molar-refractivity contribution is 8.01. The molecule has 1 rings (SSSR count). The van der Waals surface area contributed by atoms with Crippen LogP contribution < -0.4 is 5.32 Å². The first-order valence-electron chi connectivity index (χ1n) is 3.52. The van der Waals surface area contributed by atoms with Gasteiger partial charge in [-0.2, -0.15) is 11.8 Å². The second kappa shape index (κ2) is 3.66. The van der Waals surface area contributed by atoms with Crippen molar-refractivity contribution in [2.45, 2.75) is 11.3 Å². The molecule has 0 aliphatic carbocycles. The molecule has 1 heterocycles. The van der Waals surface area contributed by atoms with Crippen LogP contribution in [0.2, 0.25) is 0 Å². The van der Waals surface area contributed by atoms with E-state index in [-0.39, 0.29) is 22.8 Å². The quantitative estimate of drug-likeness (QED) is 0.622. The Bertz CT molecular complexity index is 262. The number of hydrogen-bond acceptors (Lipinski definition) is 4. The summed E-state index contributed by atoms with van der Waals surface area (Å²) in [5, 5.41) is 2.53. The molecule has 1 aliphatic heterocycles. The van der Waals surface area contributed by atoms with Gasteiger partial charge < -0.3 is 5.32 Å². The summed E-state index contributed by atoms with van der Waals surface area (Å²) in [6, 6.07) is -0.206. The van der Waals surface area contributed by atoms with Crippen molar-refractivity contribution in [3.05, 3.63) is 0 Å². The second-order valence-corrected chi connectivity index (χ2v) is 5.97. The van der Waals surface area contributed by atoms with Gasteiger partial charge in [0.05, 0.1) is 17.5 Å². The fraction of sp³-hybridized carbons (Fsp3) is 0.833. The summed E-state index contributed by atoms with van der Waals surface area (Å²) in [6.45, 7) is 0. The molecule has 1 amide bonds. The lowest BCUT2D eigenvalue weighted by Gasteiger charge is -2.13. The molecule has 0 spiro atoms. The molecule has 70 valence electrons. The number of carbonyl (C=O) groups is 1. The molecule has 6 heteroatoms. The van der Waals surface area contributed by atoms with Crippen LogP contribution in [0.3, 0.4) is 0 Å². The van der Waals surface area contributed by atoms with E-state index in [1.54, 1.807) is 0 Å². The Kier molecular flexibility index (Phi) is 3.00. The van der Waals surface area contributed by atoms with Gasteiger partial charge in [0.25, 0.3) is 0 Å². The molecule has 12 heavy (non-hydrogen) atoms. The number of carbonyl (C=O) groups excluding carboxylic acids is 1. The summed E-state index contributed by atoms with van der Waals surface area (Å²) in [6.07, 6.45) is 2.42. The highest BCUT2D eigenvalue weighted by Gasteiger charge is 2.36. The van der Waals surface area contributed by atoms with Crippen molar-refractivity contribution >= 4 is 28.0 Å². The highest BCUT2D eigenvalue weighted by Crippen LogP contribution is 2.22. The first-order chi connectivity index (χ1) is 5.59. The predicted octanol–water partition coefficient (Wildman–Crippen LogP) is -0.739. The summed E-state index contributed by atoms with van der Waals surface area (Å²) in [5.74, 6) is 0.261. The van der Waals surface area contributed by atoms with E-state index in [2.05, 4.69) is 5.32 Å². The zero-order valence-electron chi connectivity index (χ0n) is 6.69. The molecule has 4 nitrogen and oxygen atoms in total. The Morgan fingerprint density at radius 1 is 1.50 bits per heavy atom. The first-order valence-corrected chi connectivity index (χ1v) is 6.63. The van der Waals surface area contributed by atoms with Gasteiger partial charge in [-0.15, -0.1) is 0 Å². The average molecular weight is 209 g/mol. The van der Waals surface area contributed by atoms with Crippen LogP contribution in [0.1, 0.15) is 0 Å². The summed E-state index contributed by atoms with van der Waals surface area (Å²) >= 11 is 1.48. The van der Waals surface area contributed by atoms with Gasteiger partial charge in [-0.25, -0.2) is 8.42 Å². The van der Waals surface area contributed by atoms with Gasteiger partial charge in [0.2, 0.25) is 6.41 Å². The van der Waals surface area contributed by atoms with E-state index >= 15 is 0 Å². The Morgan fingerprint density at radius 3 is 2.67 bits per heavy atom. The average Bonchev–Trinajstić information content (AvgIpc) is 2.26. The number of rotatable bonds is 3. The minimum atomic E-state index is -2.92. The minimum Gasteiger partial charge on any atom is -0.354 e. The molecule has 2 unspecified atom stereocenters. The largest absolute Gasteiger partial charge is 0.354 e. The van der Waals surface area contributed by atoms with Gasteiger partial charge in [0.1, 0.15) is 0 Å². The van der Waals surface area contributed by atoms with Gasteiger partial charge in [0.15, 0.2) is 9.84 Å². The Morgan fingerprint density at radius 2 is 2.17 bits per heavy atom. The maximum absolute atomic E-state index is 11.1. The lowest BCUT2D eigenvalue weighted by molar-refractivity contribution is -0.110. The van der Waals surface area contributed by atoms with Crippen LogP contribution in [0.15, 0.2) is 0 Å². The zero-order valence-corrected chi connectivity index (χ0v) is 8.32. The minimum absolute atomic E-state index is 0.0141. The Hall–Kier alpha value is -0.230. The van der Waals surface area contributed by atoms with Crippen LogP contribution in [0, 0.1) is 0 Å². The Balaban J connectivity index is 2.69. The third kappa shape index (κ3) is 2.13. The van der Waals surface area contributed by atoms with Crippen molar-refractivity contribution in [2.24, 2.45) is 0 Å². The van der Waals surface area contributed by atoms with E-state index in [0.717, 1.165) is 0 Å². The molecule has 0 aromatic carbocycles. The molecule has 0 bridgehead atoms. The summed E-state index contributed by atoms with van der Waals surface area (Å²) in [7, 11) is -2.92. The van der Waals surface area contributed by atoms with E-state index < -0.39 is 9.84 Å². The number of hydrogen-bond donors (Lipinski definition) is 1. The van der Waals surface area contributed by atoms with Crippen LogP contribution >= 0.6 is 11.8 Å². The monoisotopic (exact) mass is 209 g/mol. The number of nitrogens with one attached hydrogen (secondary N) is 1. The van der Waals surface area contributed by atoms with Gasteiger partial charge in [-0.05, 0) is 6.26 Å². The van der Waals surface area contributed by atoms with E-state index in [1.807, 2.05) is 6.26 Å². The lowest BCUT2D eigenvalue weighted by atomic mass is 10.3. The molecule has 1 aliphatic rings. The van der Waals surface area contributed by atoms with Crippen molar-refractivity contribution in [3.8, 4) is 0 Å². The molecule has 1 N–H and O–H groups in total. The lowest BCUT2D eigenvalue weighted by Crippen LogP contribution is -2.36. The molecule has 1 fully saturated rings. The predicted molar refractivity (Wildman–Crippen MR) is 48.9 cm³/mol. The van der Waals surface area contributed by atoms with Crippen molar-refractivity contribution in [1.29, 1.82) is 0 Å². The topological polar surface area (TPSA) is 63.2 Å². The Labute approximate surface area is 76.0 Å². The van der Waals surface area contributed by atoms with Gasteiger partial charge in [-0.3, -0.25) is 4.79 Å². The van der Waals surface area contributed by atoms with Crippen molar-refractivity contribution < 1.29 is 13.2 Å². The van der Waals surface area contributed by atoms with Crippen molar-refractivity contribution in [1.82, 2.24) is 5.32 Å². The summed E-state index contributed by atoms with van der Waals surface area (Å²) in [5.41, 5.74) is 0. The number of sulfone groups is 1. The van der Waals surface area contributed by atoms with E-state index in [1.165, 1.54) is 11.8 Å². The molecule has 0 saturated carbocycles. The van der Waals surface area contributed by atoms with Crippen molar-refractivity contribution in [2.75, 3.05) is 17.8 Å². The van der Waals surface area contributed by atoms with E-state index in [0.29, 0.717) is 6.41 Å². The number of amides is 1. The smallest absolute Gasteiger partial charge is 0.207 e. The van der Waals surface area contributed by atoms with E-state index in [4.69, 9.17) is 0 Å². The third-order valence-corrected chi connectivity index (χ3v) is 4.93. The van der Waals surface area contributed by atoms with Crippen LogP contribution in [0.25, 0.3) is 0 Å². The second-order valence-electron chi connectivity index (χ2n) is 2.74. The van der Waals surface area contributed by atoms with Crippen molar-refractivity contribution in [3.63, 3.8) is 0 Å². The SMILES string of the molecule is CSC1CS(=O)(=O)CC1NC=O. The van der Waals surface area contributed by atoms with Crippen LogP contribution in [-0.2, 0) is 14.6 Å². The van der Waals surface area contributed by atoms with Crippen LogP contribution in [0.4, 0.5) is 0 Å². The zero-order chi connectivity index (χ0) is 9.19. The molecule has 0 aromatic heterocycles. The van der Waals surface area contributed by atoms with Gasteiger partial charge in [-0.1, -0.05) is 0 Å². The normalized spacial score (nSPS) is 33.1. The van der Waals surface area contributed by atoms with Crippen LogP contribution in [0.5, 0.6) is 0 Å². The molecule has 0 aromatic rings. The molecule has 1 saturated heterocycles. The fourth-order valence-electron chi connectivity index (χ4n) is 1.29. The fourth-order valence-corrected chi connectivity index (χ4v) is 4.83. The highest BCUT2D eigenvalue weighted by atomic mass is 32.2. The van der Waals surface area contributed by atoms with Gasteiger partial charge >= 0.3 is 0 Å². The summed E-state index contributed by atoms with van der Waals surface area (Å²) < 4.78 is 22.2. The molecular formula is C6H11NO3S2. The summed E-state index contributed by atoms with van der Waals surface area (Å²) in [4.78, 5) is 10.1. The third-order valence-electron chi connectivity index (χ3n) is 1.89. The maximum atomic E-state index is 11.1.